The molecule has 1 saturated carbocycles. The number of nitrogens with zero attached hydrogens (tertiary/aromatic N) is 3. The summed E-state index contributed by atoms with van der Waals surface area (Å²) in [6.45, 7) is 4.01. The van der Waals surface area contributed by atoms with Crippen LogP contribution >= 0.6 is 0 Å². The third kappa shape index (κ3) is 3.50. The van der Waals surface area contributed by atoms with Crippen molar-refractivity contribution in [3.05, 3.63) is 17.7 Å². The number of hydrazine groups is 1. The molecule has 0 unspecified atom stereocenters. The Labute approximate surface area is 126 Å². The zero-order valence-electron chi connectivity index (χ0n) is 13.1. The van der Waals surface area contributed by atoms with Gasteiger partial charge < -0.3 is 10.3 Å². The molecule has 116 valence electrons. The molecule has 1 fully saturated rings. The summed E-state index contributed by atoms with van der Waals surface area (Å²) in [5, 5.41) is 0. The van der Waals surface area contributed by atoms with Crippen LogP contribution in [-0.4, -0.2) is 33.9 Å². The van der Waals surface area contributed by atoms with Crippen molar-refractivity contribution in [3.8, 4) is 0 Å². The summed E-state index contributed by atoms with van der Waals surface area (Å²) >= 11 is 0. The molecule has 1 heterocycles. The zero-order chi connectivity index (χ0) is 15.4. The van der Waals surface area contributed by atoms with Crippen LogP contribution in [0.2, 0.25) is 0 Å². The van der Waals surface area contributed by atoms with E-state index in [2.05, 4.69) is 15.4 Å². The highest BCUT2D eigenvalue weighted by Gasteiger charge is 2.26. The molecule has 1 aliphatic rings. The number of carbonyl (C=O) groups excluding carboxylic acids is 1. The first kappa shape index (κ1) is 15.7. The number of nitrogen functional groups attached to an aromatic ring is 1. The SMILES string of the molecule is CC(C)c1ncc(NN)c(C(=O)N(C)C2CCCCC2)n1. The Kier molecular flexibility index (Phi) is 5.12. The summed E-state index contributed by atoms with van der Waals surface area (Å²) in [6, 6.07) is 0.300. The van der Waals surface area contributed by atoms with E-state index in [4.69, 9.17) is 5.84 Å². The van der Waals surface area contributed by atoms with Crippen molar-refractivity contribution in [1.29, 1.82) is 0 Å². The fourth-order valence-corrected chi connectivity index (χ4v) is 2.74. The molecule has 1 aromatic heterocycles. The second-order valence-electron chi connectivity index (χ2n) is 6.00. The molecule has 2 rings (SSSR count). The first-order chi connectivity index (χ1) is 10.0. The molecule has 0 spiro atoms. The minimum Gasteiger partial charge on any atom is -0.337 e. The van der Waals surface area contributed by atoms with Gasteiger partial charge in [-0.25, -0.2) is 9.97 Å². The van der Waals surface area contributed by atoms with Crippen molar-refractivity contribution < 1.29 is 4.79 Å². The number of amides is 1. The normalized spacial score (nSPS) is 16.0. The van der Waals surface area contributed by atoms with Crippen LogP contribution in [0.4, 0.5) is 5.69 Å². The van der Waals surface area contributed by atoms with Crippen LogP contribution in [0.25, 0.3) is 0 Å². The van der Waals surface area contributed by atoms with Crippen LogP contribution in [0.3, 0.4) is 0 Å². The van der Waals surface area contributed by atoms with Crippen molar-refractivity contribution in [2.24, 2.45) is 5.84 Å². The van der Waals surface area contributed by atoms with Gasteiger partial charge in [0.25, 0.3) is 5.91 Å². The summed E-state index contributed by atoms with van der Waals surface area (Å²) in [7, 11) is 1.86. The largest absolute Gasteiger partial charge is 0.337 e. The third-order valence-corrected chi connectivity index (χ3v) is 4.12. The molecule has 0 bridgehead atoms. The molecule has 6 heteroatoms. The fourth-order valence-electron chi connectivity index (χ4n) is 2.74. The lowest BCUT2D eigenvalue weighted by Crippen LogP contribution is -2.39. The summed E-state index contributed by atoms with van der Waals surface area (Å²) in [4.78, 5) is 23.2. The molecule has 1 aromatic rings. The van der Waals surface area contributed by atoms with Crippen LogP contribution in [0.15, 0.2) is 6.20 Å². The average Bonchev–Trinajstić information content (AvgIpc) is 2.53. The molecule has 0 atom stereocenters. The number of nitrogens with two attached hydrogens (primary N) is 1. The van der Waals surface area contributed by atoms with E-state index in [1.54, 1.807) is 6.20 Å². The van der Waals surface area contributed by atoms with Gasteiger partial charge in [0.2, 0.25) is 0 Å². The van der Waals surface area contributed by atoms with Gasteiger partial charge in [0.1, 0.15) is 5.82 Å². The van der Waals surface area contributed by atoms with Crippen LogP contribution < -0.4 is 11.3 Å². The number of anilines is 1. The van der Waals surface area contributed by atoms with Gasteiger partial charge in [-0.3, -0.25) is 10.6 Å². The molecule has 1 amide bonds. The smallest absolute Gasteiger partial charge is 0.274 e. The van der Waals surface area contributed by atoms with Crippen LogP contribution in [0, 0.1) is 0 Å². The van der Waals surface area contributed by atoms with Crippen molar-refractivity contribution >= 4 is 11.6 Å². The van der Waals surface area contributed by atoms with Gasteiger partial charge in [-0.1, -0.05) is 33.1 Å². The van der Waals surface area contributed by atoms with Gasteiger partial charge in [0, 0.05) is 19.0 Å². The van der Waals surface area contributed by atoms with Gasteiger partial charge in [-0.15, -0.1) is 0 Å². The van der Waals surface area contributed by atoms with Gasteiger partial charge in [0.15, 0.2) is 5.69 Å². The van der Waals surface area contributed by atoms with E-state index in [1.807, 2.05) is 25.8 Å². The topological polar surface area (TPSA) is 84.1 Å². The van der Waals surface area contributed by atoms with E-state index in [-0.39, 0.29) is 11.8 Å². The molecule has 0 aliphatic heterocycles. The molecule has 0 saturated heterocycles. The Hall–Kier alpha value is -1.69. The molecule has 0 aromatic carbocycles. The Morgan fingerprint density at radius 1 is 1.38 bits per heavy atom. The van der Waals surface area contributed by atoms with Crippen molar-refractivity contribution in [1.82, 2.24) is 14.9 Å². The molecule has 3 N–H and O–H groups in total. The standard InChI is InChI=1S/C15H25N5O/c1-10(2)14-17-9-12(19-16)13(18-14)15(21)20(3)11-7-5-4-6-8-11/h9-11,19H,4-8,16H2,1-3H3. The zero-order valence-corrected chi connectivity index (χ0v) is 13.1. The van der Waals surface area contributed by atoms with Gasteiger partial charge in [-0.2, -0.15) is 0 Å². The van der Waals surface area contributed by atoms with Crippen LogP contribution in [-0.2, 0) is 0 Å². The number of hydrogen-bond donors (Lipinski definition) is 2. The second kappa shape index (κ2) is 6.85. The van der Waals surface area contributed by atoms with Crippen molar-refractivity contribution in [2.45, 2.75) is 57.9 Å². The summed E-state index contributed by atoms with van der Waals surface area (Å²) in [5.74, 6) is 6.24. The molecule has 6 nitrogen and oxygen atoms in total. The maximum Gasteiger partial charge on any atom is 0.274 e. The number of hydrogen-bond acceptors (Lipinski definition) is 5. The Morgan fingerprint density at radius 3 is 2.62 bits per heavy atom. The maximum atomic E-state index is 12.7. The fraction of sp³-hybridized carbons (Fsp3) is 0.667. The van der Waals surface area contributed by atoms with Gasteiger partial charge >= 0.3 is 0 Å². The predicted molar refractivity (Wildman–Crippen MR) is 82.9 cm³/mol. The third-order valence-electron chi connectivity index (χ3n) is 4.12. The number of rotatable bonds is 4. The summed E-state index contributed by atoms with van der Waals surface area (Å²) < 4.78 is 0. The lowest BCUT2D eigenvalue weighted by atomic mass is 9.94. The minimum atomic E-state index is -0.0841. The molecule has 21 heavy (non-hydrogen) atoms. The maximum absolute atomic E-state index is 12.7. The highest BCUT2D eigenvalue weighted by atomic mass is 16.2. The first-order valence-electron chi connectivity index (χ1n) is 7.65. The Balaban J connectivity index is 2.25. The van der Waals surface area contributed by atoms with Crippen LogP contribution in [0.1, 0.15) is 68.2 Å². The number of nitrogens with one attached hydrogen (secondary N) is 1. The van der Waals surface area contributed by atoms with E-state index >= 15 is 0 Å². The average molecular weight is 291 g/mol. The van der Waals surface area contributed by atoms with Gasteiger partial charge in [-0.05, 0) is 12.8 Å². The number of aromatic nitrogens is 2. The predicted octanol–water partition coefficient (Wildman–Crippen LogP) is 2.29. The number of carbonyl (C=O) groups is 1. The van der Waals surface area contributed by atoms with Gasteiger partial charge in [0.05, 0.1) is 11.9 Å². The highest BCUT2D eigenvalue weighted by Crippen LogP contribution is 2.24. The molecular weight excluding hydrogens is 266 g/mol. The van der Waals surface area contributed by atoms with E-state index < -0.39 is 0 Å². The van der Waals surface area contributed by atoms with Crippen molar-refractivity contribution in [2.75, 3.05) is 12.5 Å². The Bertz CT molecular complexity index is 497. The highest BCUT2D eigenvalue weighted by molar-refractivity contribution is 5.97. The van der Waals surface area contributed by atoms with Crippen molar-refractivity contribution in [3.63, 3.8) is 0 Å². The molecular formula is C15H25N5O. The molecule has 0 radical (unpaired) electrons. The van der Waals surface area contributed by atoms with E-state index in [1.165, 1.54) is 19.3 Å². The summed E-state index contributed by atoms with van der Waals surface area (Å²) in [5.41, 5.74) is 3.37. The first-order valence-corrected chi connectivity index (χ1v) is 7.65. The molecule has 1 aliphatic carbocycles. The van der Waals surface area contributed by atoms with E-state index in [0.29, 0.717) is 23.2 Å². The lowest BCUT2D eigenvalue weighted by Gasteiger charge is -2.31. The van der Waals surface area contributed by atoms with E-state index in [0.717, 1.165) is 12.8 Å². The second-order valence-corrected chi connectivity index (χ2v) is 6.00. The van der Waals surface area contributed by atoms with E-state index in [9.17, 15) is 4.79 Å². The lowest BCUT2D eigenvalue weighted by molar-refractivity contribution is 0.0690. The summed E-state index contributed by atoms with van der Waals surface area (Å²) in [6.07, 6.45) is 7.35. The Morgan fingerprint density at radius 2 is 2.05 bits per heavy atom. The monoisotopic (exact) mass is 291 g/mol. The van der Waals surface area contributed by atoms with Crippen LogP contribution in [0.5, 0.6) is 0 Å². The minimum absolute atomic E-state index is 0.0841. The quantitative estimate of drug-likeness (QED) is 0.657.